The molecule has 1 aliphatic heterocycles. The van der Waals surface area contributed by atoms with Gasteiger partial charge in [-0.05, 0) is 38.0 Å². The zero-order valence-corrected chi connectivity index (χ0v) is 26.5. The van der Waals surface area contributed by atoms with E-state index in [-0.39, 0.29) is 31.8 Å². The quantitative estimate of drug-likeness (QED) is 0.0947. The summed E-state index contributed by atoms with van der Waals surface area (Å²) in [5, 5.41) is 2.37. The molecule has 1 saturated heterocycles. The zero-order valence-electron chi connectivity index (χ0n) is 26.5. The number of carbonyl (C=O) groups excluding carboxylic acids is 6. The first-order chi connectivity index (χ1) is 21.7. The van der Waals surface area contributed by atoms with Crippen molar-refractivity contribution in [2.24, 2.45) is 5.92 Å². The van der Waals surface area contributed by atoms with E-state index < -0.39 is 78.4 Å². The van der Waals surface area contributed by atoms with Crippen LogP contribution in [0.5, 0.6) is 5.75 Å². The van der Waals surface area contributed by atoms with Crippen molar-refractivity contribution in [3.63, 3.8) is 0 Å². The lowest BCUT2D eigenvalue weighted by atomic mass is 9.90. The Morgan fingerprint density at radius 1 is 0.957 bits per heavy atom. The lowest BCUT2D eigenvalue weighted by molar-refractivity contribution is -0.271. The van der Waals surface area contributed by atoms with Crippen molar-refractivity contribution in [2.75, 3.05) is 6.61 Å². The molecule has 0 aromatic heterocycles. The fourth-order valence-corrected chi connectivity index (χ4v) is 4.32. The summed E-state index contributed by atoms with van der Waals surface area (Å²) in [7, 11) is 0. The SMILES string of the molecule is CC(=O)OC[C@H]1O[C@H](Oc2ccc(COC(=O)N[C@@H](CCC(=O)C=[N+]=[N-])C(=O)OC(C)C)cc2)[C@H](OC(C)=O)[C@@H](OC(C)=O)[C@H]1C. The number of hydrogen-bond acceptors (Lipinski definition) is 13. The number of esters is 4. The van der Waals surface area contributed by atoms with Gasteiger partial charge in [0, 0.05) is 33.1 Å². The van der Waals surface area contributed by atoms with Crippen LogP contribution in [0.4, 0.5) is 4.79 Å². The minimum atomic E-state index is -1.25. The summed E-state index contributed by atoms with van der Waals surface area (Å²) in [6.45, 7) is 8.20. The lowest BCUT2D eigenvalue weighted by Crippen LogP contribution is -2.59. The first-order valence-electron chi connectivity index (χ1n) is 14.4. The number of Topliss-reactive ketones (excluding diaryl/α,β-unsaturated/α-hetero) is 1. The molecule has 2 rings (SSSR count). The van der Waals surface area contributed by atoms with Crippen molar-refractivity contribution >= 4 is 42.0 Å². The molecule has 0 radical (unpaired) electrons. The molecule has 16 heteroatoms. The molecule has 1 aromatic rings. The second-order valence-corrected chi connectivity index (χ2v) is 10.6. The molecule has 1 aromatic carbocycles. The third kappa shape index (κ3) is 12.7. The van der Waals surface area contributed by atoms with E-state index in [0.717, 1.165) is 0 Å². The van der Waals surface area contributed by atoms with E-state index in [1.165, 1.54) is 32.9 Å². The van der Waals surface area contributed by atoms with Crippen LogP contribution in [0.2, 0.25) is 0 Å². The van der Waals surface area contributed by atoms with Crippen LogP contribution in [0.25, 0.3) is 5.53 Å². The number of benzene rings is 1. The van der Waals surface area contributed by atoms with Gasteiger partial charge < -0.3 is 44.0 Å². The van der Waals surface area contributed by atoms with E-state index in [9.17, 15) is 28.8 Å². The monoisotopic (exact) mass is 649 g/mol. The van der Waals surface area contributed by atoms with Gasteiger partial charge in [0.15, 0.2) is 0 Å². The largest absolute Gasteiger partial charge is 0.463 e. The molecule has 6 atom stereocenters. The molecule has 0 aliphatic carbocycles. The third-order valence-electron chi connectivity index (χ3n) is 6.42. The van der Waals surface area contributed by atoms with E-state index in [2.05, 4.69) is 10.1 Å². The molecule has 1 fully saturated rings. The molecule has 1 heterocycles. The Morgan fingerprint density at radius 3 is 2.15 bits per heavy atom. The molecule has 0 unspecified atom stereocenters. The molecular formula is C30H39N3O13. The van der Waals surface area contributed by atoms with Crippen molar-refractivity contribution < 1.29 is 66.7 Å². The normalized spacial score (nSPS) is 21.1. The molecule has 0 saturated carbocycles. The van der Waals surface area contributed by atoms with Gasteiger partial charge >= 0.3 is 36.2 Å². The smallest absolute Gasteiger partial charge is 0.408 e. The van der Waals surface area contributed by atoms with Crippen molar-refractivity contribution in [3.05, 3.63) is 35.4 Å². The van der Waals surface area contributed by atoms with Crippen LogP contribution >= 0.6 is 0 Å². The van der Waals surface area contributed by atoms with Gasteiger partial charge in [0.2, 0.25) is 18.2 Å². The predicted octanol–water partition coefficient (Wildman–Crippen LogP) is 2.05. The zero-order chi connectivity index (χ0) is 34.4. The van der Waals surface area contributed by atoms with Gasteiger partial charge in [-0.2, -0.15) is 4.79 Å². The van der Waals surface area contributed by atoms with E-state index in [0.29, 0.717) is 11.8 Å². The maximum atomic E-state index is 12.5. The van der Waals surface area contributed by atoms with Gasteiger partial charge in [-0.15, -0.1) is 0 Å². The Balaban J connectivity index is 2.10. The Bertz CT molecular complexity index is 1290. The summed E-state index contributed by atoms with van der Waals surface area (Å²) < 4.78 is 38.3. The predicted molar refractivity (Wildman–Crippen MR) is 155 cm³/mol. The highest BCUT2D eigenvalue weighted by Crippen LogP contribution is 2.32. The topological polar surface area (TPSA) is 215 Å². The van der Waals surface area contributed by atoms with Crippen LogP contribution in [-0.2, 0) is 59.0 Å². The Hall–Kier alpha value is -4.82. The van der Waals surface area contributed by atoms with Gasteiger partial charge in [-0.25, -0.2) is 9.59 Å². The second kappa shape index (κ2) is 18.2. The number of ketones is 1. The van der Waals surface area contributed by atoms with Gasteiger partial charge in [0.05, 0.1) is 6.10 Å². The maximum Gasteiger partial charge on any atom is 0.408 e. The number of nitrogens with zero attached hydrogens (tertiary/aromatic N) is 2. The number of amides is 1. The van der Waals surface area contributed by atoms with Crippen LogP contribution in [0.3, 0.4) is 0 Å². The third-order valence-corrected chi connectivity index (χ3v) is 6.42. The van der Waals surface area contributed by atoms with Gasteiger partial charge in [0.1, 0.15) is 37.2 Å². The highest BCUT2D eigenvalue weighted by molar-refractivity contribution is 6.25. The number of rotatable bonds is 15. The number of nitrogens with one attached hydrogen (secondary N) is 1. The molecule has 252 valence electrons. The fraction of sp³-hybridized carbons (Fsp3) is 0.567. The first kappa shape index (κ1) is 37.4. The van der Waals surface area contributed by atoms with Crippen LogP contribution in [0.15, 0.2) is 24.3 Å². The molecule has 1 amide bonds. The maximum absolute atomic E-state index is 12.5. The van der Waals surface area contributed by atoms with E-state index >= 15 is 0 Å². The van der Waals surface area contributed by atoms with Crippen LogP contribution < -0.4 is 10.1 Å². The average Bonchev–Trinajstić information content (AvgIpc) is 2.96. The Labute approximate surface area is 265 Å². The Morgan fingerprint density at radius 2 is 1.59 bits per heavy atom. The van der Waals surface area contributed by atoms with Crippen LogP contribution in [0.1, 0.15) is 59.9 Å². The summed E-state index contributed by atoms with van der Waals surface area (Å²) in [4.78, 5) is 74.4. The highest BCUT2D eigenvalue weighted by atomic mass is 16.7. The van der Waals surface area contributed by atoms with E-state index in [4.69, 9.17) is 38.7 Å². The fourth-order valence-electron chi connectivity index (χ4n) is 4.32. The number of carbonyl (C=O) groups is 6. The summed E-state index contributed by atoms with van der Waals surface area (Å²) >= 11 is 0. The molecule has 46 heavy (non-hydrogen) atoms. The minimum absolute atomic E-state index is 0.117. The first-order valence-corrected chi connectivity index (χ1v) is 14.4. The summed E-state index contributed by atoms with van der Waals surface area (Å²) in [5.41, 5.74) is 9.02. The van der Waals surface area contributed by atoms with Gasteiger partial charge in [-0.3, -0.25) is 19.2 Å². The van der Waals surface area contributed by atoms with E-state index in [1.54, 1.807) is 32.9 Å². The second-order valence-electron chi connectivity index (χ2n) is 10.6. The molecule has 1 aliphatic rings. The molecule has 0 bridgehead atoms. The highest BCUT2D eigenvalue weighted by Gasteiger charge is 2.49. The van der Waals surface area contributed by atoms with E-state index in [1.807, 2.05) is 0 Å². The summed E-state index contributed by atoms with van der Waals surface area (Å²) in [6, 6.07) is 5.02. The molecule has 1 N–H and O–H groups in total. The standard InChI is InChI=1S/C30H39N3O13/c1-16(2)42-28(38)24(12-9-22(37)13-32-31)33-30(39)41-14-21-7-10-23(11-8-21)45-29-27(44-20(6)36)26(43-19(5)35)17(3)25(46-29)15-40-18(4)34/h7-8,10-11,13,16-17,24-27,29H,9,12,14-15H2,1-6H3,(H,33,39)/t17-,24-,25+,26-,27+,29-/m0/s1. The lowest BCUT2D eigenvalue weighted by Gasteiger charge is -2.43. The van der Waals surface area contributed by atoms with Crippen LogP contribution in [-0.4, -0.2) is 90.1 Å². The number of alkyl carbamates (subject to hydrolysis) is 1. The van der Waals surface area contributed by atoms with Gasteiger partial charge in [-0.1, -0.05) is 19.1 Å². The van der Waals surface area contributed by atoms with Crippen LogP contribution in [0, 0.1) is 5.92 Å². The van der Waals surface area contributed by atoms with Crippen molar-refractivity contribution in [1.82, 2.24) is 5.32 Å². The van der Waals surface area contributed by atoms with Gasteiger partial charge in [0.25, 0.3) is 0 Å². The van der Waals surface area contributed by atoms with Crippen molar-refractivity contribution in [1.29, 1.82) is 0 Å². The minimum Gasteiger partial charge on any atom is -0.463 e. The molecular weight excluding hydrogens is 610 g/mol. The Kier molecular flexibility index (Phi) is 14.8. The summed E-state index contributed by atoms with van der Waals surface area (Å²) in [6.07, 6.45) is -5.19. The number of ether oxygens (including phenoxy) is 7. The number of hydrogen-bond donors (Lipinski definition) is 1. The molecule has 0 spiro atoms. The van der Waals surface area contributed by atoms with Crippen molar-refractivity contribution in [2.45, 2.75) is 97.7 Å². The average molecular weight is 650 g/mol. The van der Waals surface area contributed by atoms with Crippen molar-refractivity contribution in [3.8, 4) is 5.75 Å². The molecule has 16 nitrogen and oxygen atoms in total. The summed E-state index contributed by atoms with van der Waals surface area (Å²) in [5.74, 6) is -3.44.